The molecule has 2 aromatic carbocycles. The first-order valence-electron chi connectivity index (χ1n) is 9.53. The Labute approximate surface area is 175 Å². The van der Waals surface area contributed by atoms with Crippen molar-refractivity contribution in [2.24, 2.45) is 0 Å². The van der Waals surface area contributed by atoms with E-state index in [9.17, 15) is 14.4 Å². The van der Waals surface area contributed by atoms with Crippen LogP contribution in [0.3, 0.4) is 0 Å². The Bertz CT molecular complexity index is 945. The van der Waals surface area contributed by atoms with Gasteiger partial charge in [0, 0.05) is 5.02 Å². The van der Waals surface area contributed by atoms with Crippen molar-refractivity contribution in [1.29, 1.82) is 0 Å². The van der Waals surface area contributed by atoms with Gasteiger partial charge in [0.2, 0.25) is 5.91 Å². The zero-order valence-corrected chi connectivity index (χ0v) is 17.4. The molecule has 29 heavy (non-hydrogen) atoms. The van der Waals surface area contributed by atoms with Crippen LogP contribution in [0.15, 0.2) is 48.5 Å². The Hall–Kier alpha value is -2.86. The summed E-state index contributed by atoms with van der Waals surface area (Å²) in [4.78, 5) is 39.2. The zero-order valence-electron chi connectivity index (χ0n) is 16.7. The number of imide groups is 1. The van der Waals surface area contributed by atoms with Crippen molar-refractivity contribution in [3.05, 3.63) is 70.2 Å². The Morgan fingerprint density at radius 3 is 2.45 bits per heavy atom. The second-order valence-electron chi connectivity index (χ2n) is 7.23. The highest BCUT2D eigenvalue weighted by Crippen LogP contribution is 2.33. The molecule has 7 heteroatoms. The van der Waals surface area contributed by atoms with Gasteiger partial charge in [-0.05, 0) is 49.1 Å². The molecule has 1 aliphatic rings. The van der Waals surface area contributed by atoms with Gasteiger partial charge in [-0.1, -0.05) is 54.9 Å². The standard InChI is InChI=1S/C22H24ClN3O3/c1-4-22(16-9-11-17(23)12-10-16)20(28)26(21(29)25-22)13-19(27)24-15(3)18-8-6-5-7-14(18)2/h5-12,15H,4,13H2,1-3H3,(H,24,27)(H,25,29). The largest absolute Gasteiger partial charge is 0.348 e. The quantitative estimate of drug-likeness (QED) is 0.709. The lowest BCUT2D eigenvalue weighted by molar-refractivity contribution is -0.135. The van der Waals surface area contributed by atoms with Gasteiger partial charge in [-0.25, -0.2) is 4.79 Å². The van der Waals surface area contributed by atoms with E-state index in [1.165, 1.54) is 0 Å². The molecule has 152 valence electrons. The SMILES string of the molecule is CCC1(c2ccc(Cl)cc2)NC(=O)N(CC(=O)NC(C)c2ccccc2C)C1=O. The summed E-state index contributed by atoms with van der Waals surface area (Å²) in [5, 5.41) is 6.17. The van der Waals surface area contributed by atoms with Crippen molar-refractivity contribution in [2.45, 2.75) is 38.8 Å². The Morgan fingerprint density at radius 1 is 1.17 bits per heavy atom. The topological polar surface area (TPSA) is 78.5 Å². The number of aryl methyl sites for hydroxylation is 1. The number of carbonyl (C=O) groups is 3. The maximum Gasteiger partial charge on any atom is 0.325 e. The third kappa shape index (κ3) is 3.98. The van der Waals surface area contributed by atoms with Gasteiger partial charge in [0.1, 0.15) is 12.1 Å². The number of nitrogens with zero attached hydrogens (tertiary/aromatic N) is 1. The minimum Gasteiger partial charge on any atom is -0.348 e. The molecule has 0 radical (unpaired) electrons. The molecule has 2 atom stereocenters. The number of nitrogens with one attached hydrogen (secondary N) is 2. The summed E-state index contributed by atoms with van der Waals surface area (Å²) >= 11 is 5.94. The molecule has 0 aliphatic carbocycles. The fourth-order valence-corrected chi connectivity index (χ4v) is 3.85. The first-order chi connectivity index (χ1) is 13.8. The summed E-state index contributed by atoms with van der Waals surface area (Å²) in [6.07, 6.45) is 0.358. The smallest absolute Gasteiger partial charge is 0.325 e. The average molecular weight is 414 g/mol. The summed E-state index contributed by atoms with van der Waals surface area (Å²) in [5.74, 6) is -0.835. The molecule has 6 nitrogen and oxygen atoms in total. The van der Waals surface area contributed by atoms with Gasteiger partial charge in [-0.3, -0.25) is 14.5 Å². The predicted octanol–water partition coefficient (Wildman–Crippen LogP) is 3.68. The molecule has 0 spiro atoms. The van der Waals surface area contributed by atoms with Crippen LogP contribution in [0.25, 0.3) is 0 Å². The molecule has 2 N–H and O–H groups in total. The van der Waals surface area contributed by atoms with E-state index in [2.05, 4.69) is 10.6 Å². The number of hydrogen-bond donors (Lipinski definition) is 2. The first kappa shape index (κ1) is 20.9. The van der Waals surface area contributed by atoms with Crippen molar-refractivity contribution >= 4 is 29.4 Å². The van der Waals surface area contributed by atoms with Crippen molar-refractivity contribution in [3.8, 4) is 0 Å². The molecule has 1 fully saturated rings. The first-order valence-corrected chi connectivity index (χ1v) is 9.91. The number of halogens is 1. The number of rotatable bonds is 6. The highest BCUT2D eigenvalue weighted by Gasteiger charge is 2.51. The summed E-state index contributed by atoms with van der Waals surface area (Å²) in [5.41, 5.74) is 1.49. The number of urea groups is 1. The molecule has 1 saturated heterocycles. The Kier molecular flexibility index (Phi) is 5.94. The van der Waals surface area contributed by atoms with E-state index in [4.69, 9.17) is 11.6 Å². The van der Waals surface area contributed by atoms with Crippen molar-refractivity contribution < 1.29 is 14.4 Å². The molecule has 0 saturated carbocycles. The minimum atomic E-state index is -1.19. The van der Waals surface area contributed by atoms with E-state index < -0.39 is 23.4 Å². The second-order valence-corrected chi connectivity index (χ2v) is 7.67. The van der Waals surface area contributed by atoms with E-state index in [1.807, 2.05) is 45.0 Å². The molecule has 4 amide bonds. The van der Waals surface area contributed by atoms with Crippen LogP contribution in [0.2, 0.25) is 5.02 Å². The van der Waals surface area contributed by atoms with Crippen LogP contribution in [-0.4, -0.2) is 29.3 Å². The van der Waals surface area contributed by atoms with Crippen molar-refractivity contribution in [2.75, 3.05) is 6.54 Å². The number of hydrogen-bond acceptors (Lipinski definition) is 3. The minimum absolute atomic E-state index is 0.239. The van der Waals surface area contributed by atoms with Gasteiger partial charge in [0.05, 0.1) is 6.04 Å². The molecule has 1 aliphatic heterocycles. The molecule has 1 heterocycles. The van der Waals surface area contributed by atoms with E-state index in [1.54, 1.807) is 24.3 Å². The third-order valence-corrected chi connectivity index (χ3v) is 5.63. The van der Waals surface area contributed by atoms with E-state index in [0.29, 0.717) is 17.0 Å². The van der Waals surface area contributed by atoms with Gasteiger partial charge in [0.25, 0.3) is 5.91 Å². The van der Waals surface area contributed by atoms with Crippen LogP contribution in [0.1, 0.15) is 43.0 Å². The summed E-state index contributed by atoms with van der Waals surface area (Å²) < 4.78 is 0. The van der Waals surface area contributed by atoms with E-state index in [0.717, 1.165) is 16.0 Å². The molecule has 2 aromatic rings. The second kappa shape index (κ2) is 8.25. The van der Waals surface area contributed by atoms with Crippen LogP contribution in [0.5, 0.6) is 0 Å². The lowest BCUT2D eigenvalue weighted by Crippen LogP contribution is -2.45. The lowest BCUT2D eigenvalue weighted by Gasteiger charge is -2.26. The predicted molar refractivity (Wildman–Crippen MR) is 111 cm³/mol. The maximum atomic E-state index is 13.1. The number of amides is 4. The molecular weight excluding hydrogens is 390 g/mol. The van der Waals surface area contributed by atoms with Gasteiger partial charge in [-0.2, -0.15) is 0 Å². The van der Waals surface area contributed by atoms with E-state index in [-0.39, 0.29) is 12.6 Å². The van der Waals surface area contributed by atoms with Crippen LogP contribution in [0.4, 0.5) is 4.79 Å². The van der Waals surface area contributed by atoms with E-state index >= 15 is 0 Å². The Balaban J connectivity index is 1.75. The highest BCUT2D eigenvalue weighted by molar-refractivity contribution is 6.30. The Morgan fingerprint density at radius 2 is 1.83 bits per heavy atom. The van der Waals surface area contributed by atoms with Gasteiger partial charge in [0.15, 0.2) is 0 Å². The number of benzene rings is 2. The molecular formula is C22H24ClN3O3. The van der Waals surface area contributed by atoms with Gasteiger partial charge in [-0.15, -0.1) is 0 Å². The summed E-state index contributed by atoms with van der Waals surface area (Å²) in [7, 11) is 0. The zero-order chi connectivity index (χ0) is 21.2. The highest BCUT2D eigenvalue weighted by atomic mass is 35.5. The molecule has 3 rings (SSSR count). The maximum absolute atomic E-state index is 13.1. The summed E-state index contributed by atoms with van der Waals surface area (Å²) in [6.45, 7) is 5.32. The fraction of sp³-hybridized carbons (Fsp3) is 0.318. The van der Waals surface area contributed by atoms with Crippen LogP contribution in [-0.2, 0) is 15.1 Å². The normalized spacial score (nSPS) is 19.8. The monoisotopic (exact) mass is 413 g/mol. The average Bonchev–Trinajstić information content (AvgIpc) is 2.94. The molecule has 2 unspecified atom stereocenters. The summed E-state index contributed by atoms with van der Waals surface area (Å²) in [6, 6.07) is 13.7. The molecule has 0 aromatic heterocycles. The van der Waals surface area contributed by atoms with Crippen LogP contribution < -0.4 is 10.6 Å². The lowest BCUT2D eigenvalue weighted by atomic mass is 9.87. The third-order valence-electron chi connectivity index (χ3n) is 5.38. The van der Waals surface area contributed by atoms with Crippen molar-refractivity contribution in [1.82, 2.24) is 15.5 Å². The molecule has 0 bridgehead atoms. The van der Waals surface area contributed by atoms with Gasteiger partial charge < -0.3 is 10.6 Å². The van der Waals surface area contributed by atoms with Crippen molar-refractivity contribution in [3.63, 3.8) is 0 Å². The van der Waals surface area contributed by atoms with Crippen LogP contribution >= 0.6 is 11.6 Å². The fourth-order valence-electron chi connectivity index (χ4n) is 3.72. The van der Waals surface area contributed by atoms with Gasteiger partial charge >= 0.3 is 6.03 Å². The number of carbonyl (C=O) groups excluding carboxylic acids is 3. The van der Waals surface area contributed by atoms with Crippen LogP contribution in [0, 0.1) is 6.92 Å².